The van der Waals surface area contributed by atoms with Crippen molar-refractivity contribution in [3.8, 4) is 0 Å². The molecular formula is C13H17FN2O4. The maximum absolute atomic E-state index is 13.0. The number of carboxylic acid groups (broad SMARTS) is 1. The van der Waals surface area contributed by atoms with E-state index in [4.69, 9.17) is 9.84 Å². The first-order valence-electron chi connectivity index (χ1n) is 6.03. The highest BCUT2D eigenvalue weighted by molar-refractivity contribution is 6.00. The molecule has 1 atom stereocenters. The lowest BCUT2D eigenvalue weighted by Gasteiger charge is -2.15. The van der Waals surface area contributed by atoms with Crippen molar-refractivity contribution in [2.75, 3.05) is 19.0 Å². The average Bonchev–Trinajstić information content (AvgIpc) is 2.38. The lowest BCUT2D eigenvalue weighted by Crippen LogP contribution is -2.37. The van der Waals surface area contributed by atoms with Crippen LogP contribution in [0.15, 0.2) is 18.2 Å². The predicted molar refractivity (Wildman–Crippen MR) is 71.5 cm³/mol. The normalized spacial score (nSPS) is 11.8. The van der Waals surface area contributed by atoms with Gasteiger partial charge in [0, 0.05) is 19.8 Å². The molecule has 0 heterocycles. The second-order valence-corrected chi connectivity index (χ2v) is 4.28. The summed E-state index contributed by atoms with van der Waals surface area (Å²) in [6, 6.07) is 2.45. The minimum atomic E-state index is -1.31. The first-order chi connectivity index (χ1) is 9.43. The molecule has 1 aromatic carbocycles. The number of nitrogens with one attached hydrogen (secondary N) is 2. The van der Waals surface area contributed by atoms with Gasteiger partial charge in [0.15, 0.2) is 0 Å². The van der Waals surface area contributed by atoms with E-state index < -0.39 is 17.8 Å². The van der Waals surface area contributed by atoms with Gasteiger partial charge in [-0.3, -0.25) is 0 Å². The van der Waals surface area contributed by atoms with Crippen LogP contribution >= 0.6 is 0 Å². The molecule has 0 aliphatic rings. The Balaban J connectivity index is 2.68. The Morgan fingerprint density at radius 2 is 2.15 bits per heavy atom. The van der Waals surface area contributed by atoms with Gasteiger partial charge in [-0.1, -0.05) is 0 Å². The predicted octanol–water partition coefficient (Wildman–Crippen LogP) is 2.07. The number of benzene rings is 1. The van der Waals surface area contributed by atoms with Gasteiger partial charge >= 0.3 is 12.0 Å². The molecule has 0 aromatic heterocycles. The number of hydrogen-bond acceptors (Lipinski definition) is 3. The molecular weight excluding hydrogens is 267 g/mol. The summed E-state index contributed by atoms with van der Waals surface area (Å²) >= 11 is 0. The van der Waals surface area contributed by atoms with Crippen LogP contribution in [0.25, 0.3) is 0 Å². The fraction of sp³-hybridized carbons (Fsp3) is 0.385. The maximum atomic E-state index is 13.0. The molecule has 7 heteroatoms. The first kappa shape index (κ1) is 15.9. The number of hydrogen-bond donors (Lipinski definition) is 3. The van der Waals surface area contributed by atoms with Crippen molar-refractivity contribution >= 4 is 17.7 Å². The van der Waals surface area contributed by atoms with Crippen LogP contribution in [0, 0.1) is 5.82 Å². The van der Waals surface area contributed by atoms with Crippen molar-refractivity contribution in [3.05, 3.63) is 29.6 Å². The van der Waals surface area contributed by atoms with E-state index in [0.717, 1.165) is 12.1 Å². The third-order valence-corrected chi connectivity index (χ3v) is 2.59. The van der Waals surface area contributed by atoms with Crippen LogP contribution in [0.2, 0.25) is 0 Å². The maximum Gasteiger partial charge on any atom is 0.337 e. The molecule has 0 saturated heterocycles. The summed E-state index contributed by atoms with van der Waals surface area (Å²) in [5.41, 5.74) is -0.264. The minimum absolute atomic E-state index is 0.0374. The zero-order chi connectivity index (χ0) is 15.1. The zero-order valence-corrected chi connectivity index (χ0v) is 11.3. The standard InChI is InChI=1S/C13H17FN2O4/c1-8(5-6-20-2)15-13(19)16-11-4-3-9(14)7-10(11)12(17)18/h3-4,7-8H,5-6H2,1-2H3,(H,17,18)(H2,15,16,19). The summed E-state index contributed by atoms with van der Waals surface area (Å²) in [6.45, 7) is 2.29. The molecule has 0 radical (unpaired) electrons. The monoisotopic (exact) mass is 284 g/mol. The van der Waals surface area contributed by atoms with Crippen molar-refractivity contribution in [3.63, 3.8) is 0 Å². The summed E-state index contributed by atoms with van der Waals surface area (Å²) in [7, 11) is 1.56. The molecule has 0 bridgehead atoms. The van der Waals surface area contributed by atoms with Gasteiger partial charge in [0.1, 0.15) is 5.82 Å². The van der Waals surface area contributed by atoms with Crippen LogP contribution in [0.5, 0.6) is 0 Å². The molecule has 110 valence electrons. The molecule has 1 aromatic rings. The van der Waals surface area contributed by atoms with Crippen LogP contribution in [0.3, 0.4) is 0 Å². The second-order valence-electron chi connectivity index (χ2n) is 4.28. The highest BCUT2D eigenvalue weighted by Gasteiger charge is 2.14. The van der Waals surface area contributed by atoms with E-state index in [9.17, 15) is 14.0 Å². The molecule has 1 rings (SSSR count). The number of ether oxygens (including phenoxy) is 1. The fourth-order valence-electron chi connectivity index (χ4n) is 1.55. The highest BCUT2D eigenvalue weighted by atomic mass is 19.1. The number of rotatable bonds is 6. The summed E-state index contributed by atoms with van der Waals surface area (Å²) in [4.78, 5) is 22.7. The zero-order valence-electron chi connectivity index (χ0n) is 11.3. The Labute approximate surface area is 115 Å². The van der Waals surface area contributed by atoms with Gasteiger partial charge in [-0.25, -0.2) is 14.0 Å². The van der Waals surface area contributed by atoms with Crippen molar-refractivity contribution < 1.29 is 23.8 Å². The number of urea groups is 1. The minimum Gasteiger partial charge on any atom is -0.478 e. The number of halogens is 1. The van der Waals surface area contributed by atoms with Gasteiger partial charge in [-0.05, 0) is 31.5 Å². The molecule has 1 unspecified atom stereocenters. The number of carbonyl (C=O) groups excluding carboxylic acids is 1. The van der Waals surface area contributed by atoms with E-state index >= 15 is 0 Å². The molecule has 2 amide bonds. The Morgan fingerprint density at radius 3 is 2.75 bits per heavy atom. The SMILES string of the molecule is COCCC(C)NC(=O)Nc1ccc(F)cc1C(=O)O. The number of methoxy groups -OCH3 is 1. The number of carbonyl (C=O) groups is 2. The average molecular weight is 284 g/mol. The number of amides is 2. The number of anilines is 1. The Hall–Kier alpha value is -2.15. The third-order valence-electron chi connectivity index (χ3n) is 2.59. The van der Waals surface area contributed by atoms with E-state index in [1.807, 2.05) is 0 Å². The summed E-state index contributed by atoms with van der Waals surface area (Å²) < 4.78 is 17.9. The number of carboxylic acids is 1. The molecule has 0 spiro atoms. The summed E-state index contributed by atoms with van der Waals surface area (Å²) in [5.74, 6) is -1.99. The topological polar surface area (TPSA) is 87.7 Å². The smallest absolute Gasteiger partial charge is 0.337 e. The van der Waals surface area contributed by atoms with E-state index in [1.54, 1.807) is 14.0 Å². The Bertz CT molecular complexity index is 493. The van der Waals surface area contributed by atoms with Gasteiger partial charge < -0.3 is 20.5 Å². The summed E-state index contributed by atoms with van der Waals surface area (Å²) in [6.07, 6.45) is 0.624. The molecule has 20 heavy (non-hydrogen) atoms. The highest BCUT2D eigenvalue weighted by Crippen LogP contribution is 2.17. The van der Waals surface area contributed by atoms with Crippen LogP contribution in [-0.2, 0) is 4.74 Å². The van der Waals surface area contributed by atoms with Crippen molar-refractivity contribution in [1.29, 1.82) is 0 Å². The van der Waals surface area contributed by atoms with Crippen LogP contribution in [-0.4, -0.2) is 36.9 Å². The lowest BCUT2D eigenvalue weighted by molar-refractivity contribution is 0.0697. The number of aromatic carboxylic acids is 1. The van der Waals surface area contributed by atoms with Crippen LogP contribution in [0.1, 0.15) is 23.7 Å². The molecule has 6 nitrogen and oxygen atoms in total. The first-order valence-corrected chi connectivity index (χ1v) is 6.03. The van der Waals surface area contributed by atoms with Crippen LogP contribution in [0.4, 0.5) is 14.9 Å². The van der Waals surface area contributed by atoms with Crippen molar-refractivity contribution in [2.45, 2.75) is 19.4 Å². The molecule has 3 N–H and O–H groups in total. The molecule has 0 fully saturated rings. The van der Waals surface area contributed by atoms with Gasteiger partial charge in [-0.2, -0.15) is 0 Å². The van der Waals surface area contributed by atoms with Crippen LogP contribution < -0.4 is 10.6 Å². The van der Waals surface area contributed by atoms with Gasteiger partial charge in [0.05, 0.1) is 11.3 Å². The van der Waals surface area contributed by atoms with Gasteiger partial charge in [0.2, 0.25) is 0 Å². The van der Waals surface area contributed by atoms with Gasteiger partial charge in [0.25, 0.3) is 0 Å². The third kappa shape index (κ3) is 4.85. The molecule has 0 saturated carbocycles. The summed E-state index contributed by atoms with van der Waals surface area (Å²) in [5, 5.41) is 14.0. The molecule has 0 aliphatic carbocycles. The van der Waals surface area contributed by atoms with E-state index in [1.165, 1.54) is 6.07 Å². The lowest BCUT2D eigenvalue weighted by atomic mass is 10.1. The fourth-order valence-corrected chi connectivity index (χ4v) is 1.55. The largest absolute Gasteiger partial charge is 0.478 e. The van der Waals surface area contributed by atoms with E-state index in [2.05, 4.69) is 10.6 Å². The molecule has 0 aliphatic heterocycles. The van der Waals surface area contributed by atoms with Gasteiger partial charge in [-0.15, -0.1) is 0 Å². The Morgan fingerprint density at radius 1 is 1.45 bits per heavy atom. The second kappa shape index (κ2) is 7.44. The van der Waals surface area contributed by atoms with Crippen molar-refractivity contribution in [1.82, 2.24) is 5.32 Å². The van der Waals surface area contributed by atoms with E-state index in [0.29, 0.717) is 13.0 Å². The van der Waals surface area contributed by atoms with E-state index in [-0.39, 0.29) is 17.3 Å². The quantitative estimate of drug-likeness (QED) is 0.746. The Kier molecular flexibility index (Phi) is 5.92. The van der Waals surface area contributed by atoms with Crippen molar-refractivity contribution in [2.24, 2.45) is 0 Å².